The third-order valence-electron chi connectivity index (χ3n) is 3.58. The number of nitrogens with one attached hydrogen (secondary N) is 1. The molecule has 1 unspecified atom stereocenters. The first-order valence-corrected chi connectivity index (χ1v) is 6.10. The van der Waals surface area contributed by atoms with Gasteiger partial charge in [-0.15, -0.1) is 0 Å². The van der Waals surface area contributed by atoms with Gasteiger partial charge in [-0.25, -0.2) is 0 Å². The molecule has 1 fully saturated rings. The molecule has 1 N–H and O–H groups in total. The van der Waals surface area contributed by atoms with Crippen LogP contribution in [0.15, 0.2) is 30.5 Å². The van der Waals surface area contributed by atoms with Crippen molar-refractivity contribution in [2.24, 2.45) is 5.92 Å². The molecule has 1 aromatic carbocycles. The number of aromatic nitrogens is 1. The second-order valence-electron chi connectivity index (χ2n) is 4.99. The number of hydrogen-bond donors (Lipinski definition) is 1. The maximum Gasteiger partial charge on any atom is 0.0457 e. The Morgan fingerprint density at radius 1 is 1.38 bits per heavy atom. The fraction of sp³-hybridized carbons (Fsp3) is 0.429. The summed E-state index contributed by atoms with van der Waals surface area (Å²) in [4.78, 5) is 5.90. The number of para-hydroxylation sites is 1. The number of H-pyrrole nitrogens is 1. The molecule has 1 atom stereocenters. The largest absolute Gasteiger partial charge is 0.361 e. The van der Waals surface area contributed by atoms with E-state index in [1.807, 2.05) is 0 Å². The van der Waals surface area contributed by atoms with Crippen LogP contribution < -0.4 is 0 Å². The molecule has 0 radical (unpaired) electrons. The first-order valence-electron chi connectivity index (χ1n) is 6.10. The minimum absolute atomic E-state index is 0.866. The highest BCUT2D eigenvalue weighted by atomic mass is 15.1. The van der Waals surface area contributed by atoms with E-state index in [-0.39, 0.29) is 0 Å². The quantitative estimate of drug-likeness (QED) is 0.814. The molecule has 1 aliphatic heterocycles. The third-order valence-corrected chi connectivity index (χ3v) is 3.58. The van der Waals surface area contributed by atoms with E-state index >= 15 is 0 Å². The second kappa shape index (κ2) is 3.95. The fourth-order valence-corrected chi connectivity index (χ4v) is 2.67. The zero-order valence-corrected chi connectivity index (χ0v) is 9.74. The van der Waals surface area contributed by atoms with Gasteiger partial charge in [-0.3, -0.25) is 4.90 Å². The summed E-state index contributed by atoms with van der Waals surface area (Å²) >= 11 is 0. The van der Waals surface area contributed by atoms with Gasteiger partial charge in [0.2, 0.25) is 0 Å². The molecule has 0 spiro atoms. The lowest BCUT2D eigenvalue weighted by atomic mass is 10.1. The Labute approximate surface area is 96.3 Å². The molecule has 2 heterocycles. The van der Waals surface area contributed by atoms with Crippen molar-refractivity contribution in [2.75, 3.05) is 13.1 Å². The highest BCUT2D eigenvalue weighted by Crippen LogP contribution is 2.22. The average molecular weight is 214 g/mol. The van der Waals surface area contributed by atoms with Crippen LogP contribution in [-0.4, -0.2) is 23.0 Å². The van der Waals surface area contributed by atoms with Crippen LogP contribution in [0.5, 0.6) is 0 Å². The molecule has 2 nitrogen and oxygen atoms in total. The molecule has 2 aromatic rings. The molecule has 0 bridgehead atoms. The zero-order valence-electron chi connectivity index (χ0n) is 9.74. The Balaban J connectivity index is 1.84. The molecular weight excluding hydrogens is 196 g/mol. The molecule has 0 amide bonds. The Morgan fingerprint density at radius 3 is 3.06 bits per heavy atom. The molecule has 0 saturated carbocycles. The monoisotopic (exact) mass is 214 g/mol. The molecule has 16 heavy (non-hydrogen) atoms. The zero-order chi connectivity index (χ0) is 11.0. The van der Waals surface area contributed by atoms with Crippen LogP contribution in [0.2, 0.25) is 0 Å². The lowest BCUT2D eigenvalue weighted by Gasteiger charge is -2.14. The van der Waals surface area contributed by atoms with Crippen LogP contribution in [0.1, 0.15) is 18.9 Å². The van der Waals surface area contributed by atoms with E-state index < -0.39 is 0 Å². The van der Waals surface area contributed by atoms with E-state index in [9.17, 15) is 0 Å². The number of hydrogen-bond acceptors (Lipinski definition) is 1. The second-order valence-corrected chi connectivity index (χ2v) is 4.99. The van der Waals surface area contributed by atoms with Gasteiger partial charge in [-0.2, -0.15) is 0 Å². The maximum atomic E-state index is 3.35. The molecule has 1 aromatic heterocycles. The van der Waals surface area contributed by atoms with Crippen LogP contribution in [0.4, 0.5) is 0 Å². The Bertz CT molecular complexity index is 486. The molecule has 0 aliphatic carbocycles. The number of fused-ring (bicyclic) bond motifs is 1. The molecule has 1 aliphatic rings. The first kappa shape index (κ1) is 9.91. The van der Waals surface area contributed by atoms with Gasteiger partial charge in [0, 0.05) is 30.2 Å². The van der Waals surface area contributed by atoms with Crippen molar-refractivity contribution in [1.82, 2.24) is 9.88 Å². The van der Waals surface area contributed by atoms with Crippen molar-refractivity contribution < 1.29 is 0 Å². The Kier molecular flexibility index (Phi) is 2.44. The van der Waals surface area contributed by atoms with Crippen molar-refractivity contribution in [3.8, 4) is 0 Å². The van der Waals surface area contributed by atoms with E-state index in [0.717, 1.165) is 12.5 Å². The van der Waals surface area contributed by atoms with E-state index in [2.05, 4.69) is 47.3 Å². The first-order chi connectivity index (χ1) is 7.83. The van der Waals surface area contributed by atoms with Gasteiger partial charge in [0.05, 0.1) is 0 Å². The molecule has 84 valence electrons. The summed E-state index contributed by atoms with van der Waals surface area (Å²) in [6, 6.07) is 8.55. The summed E-state index contributed by atoms with van der Waals surface area (Å²) in [5, 5.41) is 1.38. The minimum atomic E-state index is 0.866. The van der Waals surface area contributed by atoms with E-state index in [4.69, 9.17) is 0 Å². The average Bonchev–Trinajstić information content (AvgIpc) is 2.87. The van der Waals surface area contributed by atoms with Gasteiger partial charge < -0.3 is 4.98 Å². The fourth-order valence-electron chi connectivity index (χ4n) is 2.67. The molecule has 2 heteroatoms. The lowest BCUT2D eigenvalue weighted by molar-refractivity contribution is 0.321. The Morgan fingerprint density at radius 2 is 2.25 bits per heavy atom. The van der Waals surface area contributed by atoms with Crippen molar-refractivity contribution in [1.29, 1.82) is 0 Å². The van der Waals surface area contributed by atoms with Crippen LogP contribution in [-0.2, 0) is 6.54 Å². The van der Waals surface area contributed by atoms with Crippen LogP contribution in [0, 0.1) is 5.92 Å². The number of benzene rings is 1. The lowest BCUT2D eigenvalue weighted by Crippen LogP contribution is -2.19. The van der Waals surface area contributed by atoms with Gasteiger partial charge in [-0.05, 0) is 30.5 Å². The number of nitrogens with zero attached hydrogens (tertiary/aromatic N) is 1. The highest BCUT2D eigenvalue weighted by molar-refractivity contribution is 5.82. The van der Waals surface area contributed by atoms with Gasteiger partial charge >= 0.3 is 0 Å². The smallest absolute Gasteiger partial charge is 0.0457 e. The van der Waals surface area contributed by atoms with Crippen molar-refractivity contribution in [2.45, 2.75) is 19.9 Å². The van der Waals surface area contributed by atoms with Gasteiger partial charge in [0.25, 0.3) is 0 Å². The summed E-state index contributed by atoms with van der Waals surface area (Å²) in [6.07, 6.45) is 3.51. The van der Waals surface area contributed by atoms with Gasteiger partial charge in [-0.1, -0.05) is 25.1 Å². The standard InChI is InChI=1S/C14H18N2/c1-11-6-7-16(9-11)10-12-8-15-14-5-3-2-4-13(12)14/h2-5,8,11,15H,6-7,9-10H2,1H3. The van der Waals surface area contributed by atoms with Crippen molar-refractivity contribution >= 4 is 10.9 Å². The predicted molar refractivity (Wildman–Crippen MR) is 67.4 cm³/mol. The van der Waals surface area contributed by atoms with Crippen LogP contribution in [0.3, 0.4) is 0 Å². The summed E-state index contributed by atoms with van der Waals surface area (Å²) < 4.78 is 0. The number of aromatic amines is 1. The number of rotatable bonds is 2. The topological polar surface area (TPSA) is 19.0 Å². The molecule has 1 saturated heterocycles. The number of likely N-dealkylation sites (tertiary alicyclic amines) is 1. The summed E-state index contributed by atoms with van der Waals surface area (Å²) in [5.74, 6) is 0.866. The van der Waals surface area contributed by atoms with Crippen molar-refractivity contribution in [3.63, 3.8) is 0 Å². The van der Waals surface area contributed by atoms with Crippen LogP contribution in [0.25, 0.3) is 10.9 Å². The molecule has 3 rings (SSSR count). The van der Waals surface area contributed by atoms with Gasteiger partial charge in [0.15, 0.2) is 0 Å². The normalized spacial score (nSPS) is 21.9. The van der Waals surface area contributed by atoms with E-state index in [1.54, 1.807) is 0 Å². The summed E-state index contributed by atoms with van der Waals surface area (Å²) in [7, 11) is 0. The highest BCUT2D eigenvalue weighted by Gasteiger charge is 2.19. The minimum Gasteiger partial charge on any atom is -0.361 e. The summed E-state index contributed by atoms with van der Waals surface area (Å²) in [6.45, 7) is 5.93. The maximum absolute atomic E-state index is 3.35. The van der Waals surface area contributed by atoms with E-state index in [0.29, 0.717) is 0 Å². The third kappa shape index (κ3) is 1.74. The van der Waals surface area contributed by atoms with E-state index in [1.165, 1.54) is 36.0 Å². The molecular formula is C14H18N2. The van der Waals surface area contributed by atoms with Crippen LogP contribution >= 0.6 is 0 Å². The SMILES string of the molecule is CC1CCN(Cc2c[nH]c3ccccc23)C1. The Hall–Kier alpha value is -1.28. The van der Waals surface area contributed by atoms with Gasteiger partial charge in [0.1, 0.15) is 0 Å². The predicted octanol–water partition coefficient (Wildman–Crippen LogP) is 3.01. The summed E-state index contributed by atoms with van der Waals surface area (Å²) in [5.41, 5.74) is 2.69. The van der Waals surface area contributed by atoms with Crippen molar-refractivity contribution in [3.05, 3.63) is 36.0 Å².